The van der Waals surface area contributed by atoms with E-state index in [-0.39, 0.29) is 45.8 Å². The zero-order valence-electron chi connectivity index (χ0n) is 47.7. The summed E-state index contributed by atoms with van der Waals surface area (Å²) in [5, 5.41) is 42.7. The molecule has 6 amide bonds. The molecule has 0 radical (unpaired) electrons. The molecule has 0 spiro atoms. The van der Waals surface area contributed by atoms with Crippen molar-refractivity contribution in [3.8, 4) is 49.1 Å². The molecule has 89 heavy (non-hydrogen) atoms. The number of carbonyl (C=O) groups excluding carboxylic acids is 6. The predicted octanol–water partition coefficient (Wildman–Crippen LogP) is 7.55. The Kier molecular flexibility index (Phi) is 18.2. The number of nitrogens with two attached hydrogens (primary N) is 2. The molecule has 0 saturated carbocycles. The number of primary amides is 2. The number of nitrogens with zero attached hydrogens (tertiary/aromatic N) is 9. The molecule has 9 N–H and O–H groups in total. The van der Waals surface area contributed by atoms with Gasteiger partial charge in [-0.25, -0.2) is 34.9 Å². The second-order valence-electron chi connectivity index (χ2n) is 21.7. The van der Waals surface area contributed by atoms with Crippen molar-refractivity contribution in [1.29, 1.82) is 0 Å². The first-order chi connectivity index (χ1) is 43.0. The molecule has 2 fully saturated rings. The number of hydrogen-bond donors (Lipinski definition) is 7. The molecular weight excluding hydrogens is 1250 g/mol. The highest BCUT2D eigenvalue weighted by Crippen LogP contribution is 2.43. The lowest BCUT2D eigenvalue weighted by Crippen LogP contribution is -2.50. The Morgan fingerprint density at radius 3 is 2.09 bits per heavy atom. The molecule has 7 atom stereocenters. The lowest BCUT2D eigenvalue weighted by atomic mass is 10.00. The number of rotatable bonds is 12. The Hall–Kier alpha value is -8.13. The van der Waals surface area contributed by atoms with Gasteiger partial charge < -0.3 is 47.3 Å². The summed E-state index contributed by atoms with van der Waals surface area (Å²) in [5.41, 5.74) is 14.5. The van der Waals surface area contributed by atoms with Gasteiger partial charge in [0, 0.05) is 62.8 Å². The first-order valence-corrected chi connectivity index (χ1v) is 33.7. The van der Waals surface area contributed by atoms with Crippen LogP contribution in [-0.2, 0) is 16.0 Å². The fraction of sp³-hybridized carbons (Fsp3) is 0.317. The number of likely N-dealkylation sites (tertiary alicyclic amines) is 1. The number of ether oxygens (including phenoxy) is 1. The minimum atomic E-state index is -1.40. The lowest BCUT2D eigenvalue weighted by molar-refractivity contribution is -0.134. The Morgan fingerprint density at radius 1 is 0.674 bits per heavy atom. The highest BCUT2D eigenvalue weighted by molar-refractivity contribution is 7.15. The van der Waals surface area contributed by atoms with E-state index in [1.165, 1.54) is 64.0 Å². The van der Waals surface area contributed by atoms with Gasteiger partial charge in [-0.15, -0.1) is 68.0 Å². The van der Waals surface area contributed by atoms with E-state index < -0.39 is 84.2 Å². The summed E-state index contributed by atoms with van der Waals surface area (Å²) in [6, 6.07) is 15.2. The van der Waals surface area contributed by atoms with Crippen molar-refractivity contribution in [1.82, 2.24) is 60.6 Å². The van der Waals surface area contributed by atoms with Crippen LogP contribution in [0.25, 0.3) is 43.4 Å². The smallest absolute Gasteiger partial charge is 0.271 e. The number of nitrogens with one attached hydrogen (secondary N) is 3. The minimum absolute atomic E-state index is 0.0121. The Bertz CT molecular complexity index is 4100. The number of piperidine rings is 1. The number of aryl methyl sites for hydroxylation is 1. The summed E-state index contributed by atoms with van der Waals surface area (Å²) in [6.45, 7) is 6.84. The van der Waals surface area contributed by atoms with Crippen LogP contribution in [0.1, 0.15) is 130 Å². The predicted molar refractivity (Wildman–Crippen MR) is 339 cm³/mol. The van der Waals surface area contributed by atoms with Gasteiger partial charge in [-0.05, 0) is 68.2 Å². The molecule has 3 aliphatic heterocycles. The highest BCUT2D eigenvalue weighted by Gasteiger charge is 2.45. The van der Waals surface area contributed by atoms with Crippen LogP contribution >= 0.6 is 68.0 Å². The van der Waals surface area contributed by atoms with Gasteiger partial charge in [-0.2, -0.15) is 0 Å². The number of amides is 6. The molecule has 2 aromatic carbocycles. The Balaban J connectivity index is 0.931. The molecule has 3 aliphatic rings. The van der Waals surface area contributed by atoms with Crippen molar-refractivity contribution in [3.63, 3.8) is 0 Å². The summed E-state index contributed by atoms with van der Waals surface area (Å²) in [7, 11) is 0. The first-order valence-electron chi connectivity index (χ1n) is 28.5. The molecule has 23 nitrogen and oxygen atoms in total. The van der Waals surface area contributed by atoms with Gasteiger partial charge in [-0.1, -0.05) is 55.8 Å². The zero-order valence-corrected chi connectivity index (χ0v) is 52.6. The normalized spacial score (nSPS) is 20.5. The van der Waals surface area contributed by atoms with Crippen molar-refractivity contribution in [2.75, 3.05) is 32.8 Å². The van der Waals surface area contributed by atoms with Crippen LogP contribution < -0.4 is 32.2 Å². The summed E-state index contributed by atoms with van der Waals surface area (Å²) in [6.07, 6.45) is 0.870. The van der Waals surface area contributed by atoms with Crippen molar-refractivity contribution >= 4 is 103 Å². The van der Waals surface area contributed by atoms with Gasteiger partial charge in [0.1, 0.15) is 100 Å². The molecule has 10 heterocycles. The minimum Gasteiger partial charge on any atom is -0.492 e. The quantitative estimate of drug-likeness (QED) is 0.0621. The number of benzene rings is 2. The number of aliphatic hydroxyl groups excluding tert-OH is 2. The SMILES string of the molecule is Cc1sc2nc1C(=O)N[C@@H]([C@H](O)c1ccccc1)c1nc(cs1)C(=O)N[C@@H](Cc1ccc(OCCN3CCCCC3)cc1)C(=O)N1C[C@H](O)[C@H](C)[C@@H]1c1nc(cs1)-c1nc(cs1)-c1nc(-c3nc(C(N)=O)cs3)ccc1-c1nc(cs1)C(=O)N[C@H]2CC(N)=O. The van der Waals surface area contributed by atoms with E-state index in [0.29, 0.717) is 76.7 Å². The third-order valence-electron chi connectivity index (χ3n) is 15.6. The second-order valence-corrected chi connectivity index (χ2v) is 27.2. The molecule has 10 bridgehead atoms. The second kappa shape index (κ2) is 26.5. The molecule has 0 aliphatic carbocycles. The van der Waals surface area contributed by atoms with Gasteiger partial charge in [0.15, 0.2) is 0 Å². The third kappa shape index (κ3) is 13.4. The molecule has 0 unspecified atom stereocenters. The summed E-state index contributed by atoms with van der Waals surface area (Å²) in [5.74, 6) is -3.90. The summed E-state index contributed by atoms with van der Waals surface area (Å²) in [4.78, 5) is 122. The standard InChI is InChI=1S/C60H58N14O9S6/c1-29-43(75)23-74-48(29)59-70-42(28-88-59)56-66-38(24-85-56)46-34(15-16-35(63-46)55-67-39(25-86-55)50(62)78)54-68-40(26-84-54)51(79)64-36(22-44(61)76)57-72-45(30(2)89-57)53(81)71-47(49(77)32-9-5-3-6-10-32)58-69-41(27-87-58)52(80)65-37(60(74)82)21-31-11-13-33(14-12-31)83-20-19-73-17-7-4-8-18-73/h3,5-6,9-16,24-29,36-37,43,47-49,75,77H,4,7-8,17-23H2,1-2H3,(H2,61,76)(H2,62,78)(H,64,79)(H,65,80)(H,71,81)/t29-,36-,37-,43-,47-,48+,49+/m0/s1. The van der Waals surface area contributed by atoms with Gasteiger partial charge in [0.2, 0.25) is 11.8 Å². The topological polar surface area (TPSA) is 337 Å². The number of aliphatic hydroxyl groups is 2. The monoisotopic (exact) mass is 1310 g/mol. The number of aromatic nitrogens is 7. The maximum Gasteiger partial charge on any atom is 0.271 e. The third-order valence-corrected chi connectivity index (χ3v) is 21.1. The van der Waals surface area contributed by atoms with Crippen LogP contribution in [0, 0.1) is 12.8 Å². The number of fused-ring (bicyclic) bond motifs is 16. The molecule has 458 valence electrons. The van der Waals surface area contributed by atoms with Gasteiger partial charge in [-0.3, -0.25) is 33.7 Å². The summed E-state index contributed by atoms with van der Waals surface area (Å²) >= 11 is 6.99. The van der Waals surface area contributed by atoms with Crippen LogP contribution in [0.15, 0.2) is 93.6 Å². The maximum absolute atomic E-state index is 15.4. The zero-order chi connectivity index (χ0) is 62.0. The number of carbonyl (C=O) groups is 6. The van der Waals surface area contributed by atoms with Crippen molar-refractivity contribution < 1.29 is 43.7 Å². The number of pyridine rings is 1. The Labute approximate surface area is 533 Å². The van der Waals surface area contributed by atoms with Crippen molar-refractivity contribution in [2.24, 2.45) is 17.4 Å². The maximum atomic E-state index is 15.4. The molecule has 29 heteroatoms. The van der Waals surface area contributed by atoms with Crippen LogP contribution in [0.4, 0.5) is 0 Å². The highest BCUT2D eigenvalue weighted by atomic mass is 32.1. The molecule has 12 rings (SSSR count). The number of hydrogen-bond acceptors (Lipinski definition) is 23. The molecule has 9 aromatic rings. The fourth-order valence-electron chi connectivity index (χ4n) is 10.9. The van der Waals surface area contributed by atoms with Crippen molar-refractivity contribution in [3.05, 3.63) is 147 Å². The molecule has 2 saturated heterocycles. The van der Waals surface area contributed by atoms with E-state index in [1.807, 2.05) is 36.6 Å². The molecular formula is C60H58N14O9S6. The van der Waals surface area contributed by atoms with Crippen molar-refractivity contribution in [2.45, 2.75) is 82.3 Å². The van der Waals surface area contributed by atoms with Crippen LogP contribution in [0.2, 0.25) is 0 Å². The van der Waals surface area contributed by atoms with Crippen LogP contribution in [0.3, 0.4) is 0 Å². The van der Waals surface area contributed by atoms with E-state index >= 15 is 4.79 Å². The largest absolute Gasteiger partial charge is 0.492 e. The first kappa shape index (κ1) is 61.1. The van der Waals surface area contributed by atoms with Gasteiger partial charge in [0.05, 0.1) is 30.3 Å². The fourth-order valence-corrected chi connectivity index (χ4v) is 16.2. The van der Waals surface area contributed by atoms with E-state index in [2.05, 4.69) is 30.8 Å². The molecule has 7 aromatic heterocycles. The van der Waals surface area contributed by atoms with Gasteiger partial charge >= 0.3 is 0 Å². The van der Waals surface area contributed by atoms with E-state index in [1.54, 1.807) is 65.0 Å². The summed E-state index contributed by atoms with van der Waals surface area (Å²) < 4.78 is 6.14. The van der Waals surface area contributed by atoms with Crippen LogP contribution in [0.5, 0.6) is 5.75 Å². The van der Waals surface area contributed by atoms with E-state index in [4.69, 9.17) is 41.1 Å². The average Bonchev–Trinajstić information content (AvgIpc) is 4.46. The van der Waals surface area contributed by atoms with Gasteiger partial charge in [0.25, 0.3) is 23.6 Å². The van der Waals surface area contributed by atoms with E-state index in [9.17, 15) is 34.2 Å². The van der Waals surface area contributed by atoms with Crippen LogP contribution in [-0.4, -0.2) is 135 Å². The Morgan fingerprint density at radius 2 is 1.34 bits per heavy atom. The lowest BCUT2D eigenvalue weighted by Gasteiger charge is -2.29. The number of thiazole rings is 6. The average molecular weight is 1310 g/mol. The van der Waals surface area contributed by atoms with E-state index in [0.717, 1.165) is 53.6 Å².